The van der Waals surface area contributed by atoms with Crippen LogP contribution in [-0.2, 0) is 9.59 Å². The van der Waals surface area contributed by atoms with Crippen molar-refractivity contribution >= 4 is 34.6 Å². The van der Waals surface area contributed by atoms with E-state index in [9.17, 15) is 9.59 Å². The van der Waals surface area contributed by atoms with Gasteiger partial charge in [-0.15, -0.1) is 0 Å². The number of hydrogen-bond donors (Lipinski definition) is 3. The molecule has 0 spiro atoms. The van der Waals surface area contributed by atoms with E-state index in [1.807, 2.05) is 39.0 Å². The van der Waals surface area contributed by atoms with Crippen LogP contribution in [0.2, 0.25) is 0 Å². The third-order valence-corrected chi connectivity index (χ3v) is 3.72. The van der Waals surface area contributed by atoms with Crippen LogP contribution in [-0.4, -0.2) is 40.1 Å². The number of carbonyl (C=O) groups is 2. The molecule has 118 valence electrons. The van der Waals surface area contributed by atoms with Crippen molar-refractivity contribution in [3.63, 3.8) is 0 Å². The maximum Gasteiger partial charge on any atom is 0.239 e. The van der Waals surface area contributed by atoms with Crippen LogP contribution in [0.5, 0.6) is 0 Å². The molecule has 0 aliphatic heterocycles. The fraction of sp³-hybridized carbons (Fsp3) is 0.400. The van der Waals surface area contributed by atoms with Gasteiger partial charge >= 0.3 is 0 Å². The van der Waals surface area contributed by atoms with E-state index in [4.69, 9.17) is 0 Å². The van der Waals surface area contributed by atoms with Gasteiger partial charge in [-0.1, -0.05) is 17.8 Å². The van der Waals surface area contributed by atoms with Crippen LogP contribution in [0.15, 0.2) is 23.4 Å². The zero-order valence-corrected chi connectivity index (χ0v) is 13.7. The van der Waals surface area contributed by atoms with Crippen molar-refractivity contribution < 1.29 is 9.59 Å². The second-order valence-corrected chi connectivity index (χ2v) is 6.31. The van der Waals surface area contributed by atoms with E-state index in [-0.39, 0.29) is 30.2 Å². The van der Waals surface area contributed by atoms with Crippen molar-refractivity contribution in [1.29, 1.82) is 0 Å². The molecule has 2 aromatic rings. The molecule has 1 heterocycles. The van der Waals surface area contributed by atoms with Gasteiger partial charge in [-0.25, -0.2) is 4.98 Å². The van der Waals surface area contributed by atoms with Crippen molar-refractivity contribution in [2.75, 3.05) is 12.3 Å². The standard InChI is InChI=1S/C15H20N4O2S/c1-9(2)17-13(20)7-16-14(21)8-22-15-18-11-5-4-10(3)6-12(11)19-15/h4-6,9H,7-8H2,1-3H3,(H,16,21)(H,17,20)(H,18,19). The van der Waals surface area contributed by atoms with Crippen molar-refractivity contribution in [2.45, 2.75) is 32.0 Å². The van der Waals surface area contributed by atoms with Gasteiger partial charge in [0.1, 0.15) is 0 Å². The van der Waals surface area contributed by atoms with E-state index in [1.54, 1.807) is 0 Å². The number of imidazole rings is 1. The predicted octanol–water partition coefficient (Wildman–Crippen LogP) is 1.60. The number of aryl methyl sites for hydroxylation is 1. The number of rotatable bonds is 6. The van der Waals surface area contributed by atoms with Crippen LogP contribution in [0.25, 0.3) is 11.0 Å². The minimum atomic E-state index is -0.194. The summed E-state index contributed by atoms with van der Waals surface area (Å²) < 4.78 is 0. The molecule has 3 N–H and O–H groups in total. The van der Waals surface area contributed by atoms with Gasteiger partial charge in [-0.2, -0.15) is 0 Å². The quantitative estimate of drug-likeness (QED) is 0.706. The molecule has 2 rings (SSSR count). The highest BCUT2D eigenvalue weighted by atomic mass is 32.2. The Morgan fingerprint density at radius 1 is 1.32 bits per heavy atom. The molecule has 0 radical (unpaired) electrons. The second kappa shape index (κ2) is 7.31. The summed E-state index contributed by atoms with van der Waals surface area (Å²) in [5.41, 5.74) is 2.99. The normalized spacial score (nSPS) is 10.9. The summed E-state index contributed by atoms with van der Waals surface area (Å²) in [6.45, 7) is 5.76. The van der Waals surface area contributed by atoms with Crippen LogP contribution in [0.4, 0.5) is 0 Å². The molecule has 1 aromatic carbocycles. The first-order chi connectivity index (χ1) is 10.4. The van der Waals surface area contributed by atoms with Gasteiger partial charge in [0.05, 0.1) is 23.3 Å². The van der Waals surface area contributed by atoms with Crippen molar-refractivity contribution in [3.05, 3.63) is 23.8 Å². The van der Waals surface area contributed by atoms with Crippen molar-refractivity contribution in [1.82, 2.24) is 20.6 Å². The number of aromatic amines is 1. The molecular formula is C15H20N4O2S. The highest BCUT2D eigenvalue weighted by Crippen LogP contribution is 2.19. The van der Waals surface area contributed by atoms with Crippen molar-refractivity contribution in [2.24, 2.45) is 0 Å². The molecule has 0 saturated heterocycles. The smallest absolute Gasteiger partial charge is 0.239 e. The minimum absolute atomic E-state index is 0.00308. The van der Waals surface area contributed by atoms with Crippen LogP contribution in [0.1, 0.15) is 19.4 Å². The fourth-order valence-electron chi connectivity index (χ4n) is 1.91. The van der Waals surface area contributed by atoms with E-state index >= 15 is 0 Å². The fourth-order valence-corrected chi connectivity index (χ4v) is 2.62. The number of fused-ring (bicyclic) bond motifs is 1. The Morgan fingerprint density at radius 3 is 2.82 bits per heavy atom. The van der Waals surface area contributed by atoms with Gasteiger partial charge in [-0.3, -0.25) is 9.59 Å². The average Bonchev–Trinajstić information content (AvgIpc) is 2.84. The number of benzene rings is 1. The summed E-state index contributed by atoms with van der Waals surface area (Å²) in [5.74, 6) is -0.165. The Kier molecular flexibility index (Phi) is 5.43. The first-order valence-corrected chi connectivity index (χ1v) is 8.08. The number of carbonyl (C=O) groups excluding carboxylic acids is 2. The topological polar surface area (TPSA) is 86.9 Å². The SMILES string of the molecule is Cc1ccc2nc(SCC(=O)NCC(=O)NC(C)C)[nH]c2c1. The Labute approximate surface area is 133 Å². The molecule has 7 heteroatoms. The number of nitrogens with one attached hydrogen (secondary N) is 3. The number of aromatic nitrogens is 2. The first-order valence-electron chi connectivity index (χ1n) is 7.09. The number of thioether (sulfide) groups is 1. The van der Waals surface area contributed by atoms with Gasteiger partial charge in [0.2, 0.25) is 11.8 Å². The van der Waals surface area contributed by atoms with Crippen LogP contribution in [0.3, 0.4) is 0 Å². The zero-order chi connectivity index (χ0) is 16.1. The molecule has 0 bridgehead atoms. The molecule has 0 aliphatic carbocycles. The zero-order valence-electron chi connectivity index (χ0n) is 12.9. The number of amides is 2. The third kappa shape index (κ3) is 4.77. The van der Waals surface area contributed by atoms with Gasteiger partial charge in [0.25, 0.3) is 0 Å². The highest BCUT2D eigenvalue weighted by Gasteiger charge is 2.09. The average molecular weight is 320 g/mol. The Hall–Kier alpha value is -2.02. The third-order valence-electron chi connectivity index (χ3n) is 2.85. The molecule has 2 amide bonds. The van der Waals surface area contributed by atoms with Crippen LogP contribution < -0.4 is 10.6 Å². The summed E-state index contributed by atoms with van der Waals surface area (Å²) in [6, 6.07) is 6.03. The molecule has 1 aromatic heterocycles. The number of nitrogens with zero attached hydrogens (tertiary/aromatic N) is 1. The lowest BCUT2D eigenvalue weighted by Gasteiger charge is -2.08. The van der Waals surface area contributed by atoms with E-state index < -0.39 is 0 Å². The molecule has 0 atom stereocenters. The lowest BCUT2D eigenvalue weighted by atomic mass is 10.2. The molecule has 0 fully saturated rings. The largest absolute Gasteiger partial charge is 0.352 e. The van der Waals surface area contributed by atoms with Crippen molar-refractivity contribution in [3.8, 4) is 0 Å². The summed E-state index contributed by atoms with van der Waals surface area (Å²) in [7, 11) is 0. The van der Waals surface area contributed by atoms with E-state index in [2.05, 4.69) is 20.6 Å². The highest BCUT2D eigenvalue weighted by molar-refractivity contribution is 7.99. The van der Waals surface area contributed by atoms with E-state index in [0.29, 0.717) is 5.16 Å². The number of H-pyrrole nitrogens is 1. The summed E-state index contributed by atoms with van der Waals surface area (Å²) in [4.78, 5) is 30.7. The van der Waals surface area contributed by atoms with Gasteiger partial charge in [0.15, 0.2) is 5.16 Å². The summed E-state index contributed by atoms with van der Waals surface area (Å²) in [6.07, 6.45) is 0. The Balaban J connectivity index is 1.81. The molecule has 22 heavy (non-hydrogen) atoms. The molecule has 0 unspecified atom stereocenters. The second-order valence-electron chi connectivity index (χ2n) is 5.35. The van der Waals surface area contributed by atoms with E-state index in [1.165, 1.54) is 11.8 Å². The van der Waals surface area contributed by atoms with Gasteiger partial charge in [-0.05, 0) is 38.5 Å². The van der Waals surface area contributed by atoms with Crippen LogP contribution in [0, 0.1) is 6.92 Å². The van der Waals surface area contributed by atoms with Crippen LogP contribution >= 0.6 is 11.8 Å². The monoisotopic (exact) mass is 320 g/mol. The molecular weight excluding hydrogens is 300 g/mol. The summed E-state index contributed by atoms with van der Waals surface area (Å²) >= 11 is 1.32. The Bertz CT molecular complexity index is 681. The molecule has 0 saturated carbocycles. The lowest BCUT2D eigenvalue weighted by molar-refractivity contribution is -0.125. The summed E-state index contributed by atoms with van der Waals surface area (Å²) in [5, 5.41) is 6.00. The van der Waals surface area contributed by atoms with Gasteiger partial charge in [0, 0.05) is 6.04 Å². The predicted molar refractivity (Wildman–Crippen MR) is 87.8 cm³/mol. The first kappa shape index (κ1) is 16.4. The Morgan fingerprint density at radius 2 is 2.09 bits per heavy atom. The minimum Gasteiger partial charge on any atom is -0.352 e. The number of hydrogen-bond acceptors (Lipinski definition) is 4. The van der Waals surface area contributed by atoms with E-state index in [0.717, 1.165) is 16.6 Å². The van der Waals surface area contributed by atoms with Gasteiger partial charge < -0.3 is 15.6 Å². The molecule has 6 nitrogen and oxygen atoms in total. The maximum atomic E-state index is 11.7. The molecule has 0 aliphatic rings. The lowest BCUT2D eigenvalue weighted by Crippen LogP contribution is -2.40. The maximum absolute atomic E-state index is 11.7.